The molecule has 0 spiro atoms. The lowest BCUT2D eigenvalue weighted by Gasteiger charge is -2.28. The normalized spacial score (nSPS) is 14.7. The van der Waals surface area contributed by atoms with E-state index in [0.29, 0.717) is 0 Å². The quantitative estimate of drug-likeness (QED) is 0.919. The van der Waals surface area contributed by atoms with Crippen LogP contribution in [0.5, 0.6) is 0 Å². The summed E-state index contributed by atoms with van der Waals surface area (Å²) in [5.41, 5.74) is 2.73. The van der Waals surface area contributed by atoms with Gasteiger partial charge in [0.25, 0.3) is 5.56 Å². The Morgan fingerprint density at radius 3 is 2.33 bits per heavy atom. The summed E-state index contributed by atoms with van der Waals surface area (Å²) >= 11 is 0. The van der Waals surface area contributed by atoms with Gasteiger partial charge in [-0.1, -0.05) is 12.1 Å². The highest BCUT2D eigenvalue weighted by atomic mass is 16.1. The van der Waals surface area contributed by atoms with Crippen molar-refractivity contribution in [2.24, 2.45) is 0 Å². The van der Waals surface area contributed by atoms with Crippen molar-refractivity contribution >= 4 is 5.69 Å². The van der Waals surface area contributed by atoms with Crippen LogP contribution in [0.4, 0.5) is 5.69 Å². The third-order valence-electron chi connectivity index (χ3n) is 3.93. The number of benzene rings is 1. The van der Waals surface area contributed by atoms with Crippen LogP contribution in [0.25, 0.3) is 11.3 Å². The highest BCUT2D eigenvalue weighted by molar-refractivity contribution is 5.63. The number of hydrogen-bond donors (Lipinski definition) is 1. The highest BCUT2D eigenvalue weighted by Gasteiger charge is 2.11. The van der Waals surface area contributed by atoms with Gasteiger partial charge in [0.2, 0.25) is 0 Å². The molecule has 0 aliphatic carbocycles. The lowest BCUT2D eigenvalue weighted by molar-refractivity contribution is 0.578. The summed E-state index contributed by atoms with van der Waals surface area (Å²) < 4.78 is 0. The van der Waals surface area contributed by atoms with Gasteiger partial charge in [0.05, 0.1) is 0 Å². The molecule has 1 aliphatic rings. The molecule has 0 amide bonds. The van der Waals surface area contributed by atoms with E-state index in [-0.39, 0.29) is 11.1 Å². The SMILES string of the molecule is N#Cc1ccc(-c2ccc(N3CCCCC3)cc2)[nH]c1=O. The Balaban J connectivity index is 1.85. The van der Waals surface area contributed by atoms with Gasteiger partial charge >= 0.3 is 0 Å². The first kappa shape index (κ1) is 13.4. The van der Waals surface area contributed by atoms with Crippen molar-refractivity contribution < 1.29 is 0 Å². The first-order chi connectivity index (χ1) is 10.3. The second kappa shape index (κ2) is 5.84. The predicted octanol–water partition coefficient (Wildman–Crippen LogP) is 2.90. The monoisotopic (exact) mass is 279 g/mol. The minimum Gasteiger partial charge on any atom is -0.372 e. The van der Waals surface area contributed by atoms with Crippen molar-refractivity contribution in [2.45, 2.75) is 19.3 Å². The van der Waals surface area contributed by atoms with Gasteiger partial charge in [-0.15, -0.1) is 0 Å². The number of nitriles is 1. The van der Waals surface area contributed by atoms with E-state index in [4.69, 9.17) is 5.26 Å². The van der Waals surface area contributed by atoms with Gasteiger partial charge in [0, 0.05) is 24.5 Å². The van der Waals surface area contributed by atoms with Crippen LogP contribution in [0.2, 0.25) is 0 Å². The number of aromatic amines is 1. The number of nitrogens with one attached hydrogen (secondary N) is 1. The van der Waals surface area contributed by atoms with Crippen molar-refractivity contribution in [2.75, 3.05) is 18.0 Å². The van der Waals surface area contributed by atoms with Crippen molar-refractivity contribution in [1.82, 2.24) is 4.98 Å². The molecular formula is C17H17N3O. The van der Waals surface area contributed by atoms with Gasteiger partial charge < -0.3 is 9.88 Å². The van der Waals surface area contributed by atoms with Crippen molar-refractivity contribution in [3.8, 4) is 17.3 Å². The summed E-state index contributed by atoms with van der Waals surface area (Å²) in [6, 6.07) is 13.4. The van der Waals surface area contributed by atoms with E-state index < -0.39 is 0 Å². The fourth-order valence-corrected chi connectivity index (χ4v) is 2.73. The van der Waals surface area contributed by atoms with E-state index in [0.717, 1.165) is 24.3 Å². The Hall–Kier alpha value is -2.54. The molecule has 0 unspecified atom stereocenters. The first-order valence-electron chi connectivity index (χ1n) is 7.27. The van der Waals surface area contributed by atoms with Gasteiger partial charge in [0.1, 0.15) is 11.6 Å². The van der Waals surface area contributed by atoms with Gasteiger partial charge in [-0.05, 0) is 49.1 Å². The average Bonchev–Trinajstić information content (AvgIpc) is 2.56. The van der Waals surface area contributed by atoms with Crippen LogP contribution in [0.1, 0.15) is 24.8 Å². The van der Waals surface area contributed by atoms with Gasteiger partial charge in [-0.2, -0.15) is 5.26 Å². The molecule has 0 atom stereocenters. The largest absolute Gasteiger partial charge is 0.372 e. The molecule has 4 heteroatoms. The predicted molar refractivity (Wildman–Crippen MR) is 83.3 cm³/mol. The zero-order chi connectivity index (χ0) is 14.7. The maximum absolute atomic E-state index is 11.7. The molecule has 1 aliphatic heterocycles. The minimum atomic E-state index is -0.338. The zero-order valence-corrected chi connectivity index (χ0v) is 11.8. The third kappa shape index (κ3) is 2.82. The first-order valence-corrected chi connectivity index (χ1v) is 7.27. The molecule has 1 saturated heterocycles. The number of nitrogens with zero attached hydrogens (tertiary/aromatic N) is 2. The lowest BCUT2D eigenvalue weighted by atomic mass is 10.1. The summed E-state index contributed by atoms with van der Waals surface area (Å²) in [7, 11) is 0. The van der Waals surface area contributed by atoms with Crippen LogP contribution in [-0.2, 0) is 0 Å². The smallest absolute Gasteiger partial charge is 0.266 e. The molecular weight excluding hydrogens is 262 g/mol. The second-order valence-corrected chi connectivity index (χ2v) is 5.32. The van der Waals surface area contributed by atoms with Crippen molar-refractivity contribution in [3.63, 3.8) is 0 Å². The van der Waals surface area contributed by atoms with E-state index in [1.807, 2.05) is 18.2 Å². The van der Waals surface area contributed by atoms with Crippen molar-refractivity contribution in [3.05, 3.63) is 52.3 Å². The average molecular weight is 279 g/mol. The molecule has 2 heterocycles. The number of rotatable bonds is 2. The Labute approximate surface area is 123 Å². The van der Waals surface area contributed by atoms with Crippen LogP contribution in [-0.4, -0.2) is 18.1 Å². The zero-order valence-electron chi connectivity index (χ0n) is 11.8. The van der Waals surface area contributed by atoms with E-state index in [9.17, 15) is 4.79 Å². The van der Waals surface area contributed by atoms with E-state index in [1.165, 1.54) is 24.9 Å². The molecule has 21 heavy (non-hydrogen) atoms. The van der Waals surface area contributed by atoms with E-state index >= 15 is 0 Å². The Morgan fingerprint density at radius 1 is 1.00 bits per heavy atom. The number of aromatic nitrogens is 1. The van der Waals surface area contributed by atoms with E-state index in [1.54, 1.807) is 12.1 Å². The molecule has 4 nitrogen and oxygen atoms in total. The molecule has 0 saturated carbocycles. The van der Waals surface area contributed by atoms with Crippen LogP contribution in [0.15, 0.2) is 41.2 Å². The molecule has 1 aromatic heterocycles. The Morgan fingerprint density at radius 2 is 1.71 bits per heavy atom. The molecule has 1 aromatic carbocycles. The van der Waals surface area contributed by atoms with Crippen LogP contribution in [0, 0.1) is 11.3 Å². The number of piperidine rings is 1. The maximum atomic E-state index is 11.7. The number of pyridine rings is 1. The van der Waals surface area contributed by atoms with Crippen molar-refractivity contribution in [1.29, 1.82) is 5.26 Å². The van der Waals surface area contributed by atoms with Gasteiger partial charge in [0.15, 0.2) is 0 Å². The van der Waals surface area contributed by atoms with Gasteiger partial charge in [-0.25, -0.2) is 0 Å². The highest BCUT2D eigenvalue weighted by Crippen LogP contribution is 2.23. The molecule has 1 fully saturated rings. The molecule has 1 N–H and O–H groups in total. The number of hydrogen-bond acceptors (Lipinski definition) is 3. The standard InChI is InChI=1S/C17H17N3O/c18-12-14-6-9-16(19-17(14)21)13-4-7-15(8-5-13)20-10-2-1-3-11-20/h4-9H,1-3,10-11H2,(H,19,21). The summed E-state index contributed by atoms with van der Waals surface area (Å²) in [5.74, 6) is 0. The van der Waals surface area contributed by atoms with Crippen LogP contribution >= 0.6 is 0 Å². The fraction of sp³-hybridized carbons (Fsp3) is 0.294. The molecule has 0 radical (unpaired) electrons. The summed E-state index contributed by atoms with van der Waals surface area (Å²) in [4.78, 5) is 16.8. The molecule has 0 bridgehead atoms. The Bertz CT molecular complexity index is 719. The molecule has 2 aromatic rings. The fourth-order valence-electron chi connectivity index (χ4n) is 2.73. The van der Waals surface area contributed by atoms with Gasteiger partial charge in [-0.3, -0.25) is 4.79 Å². The summed E-state index contributed by atoms with van der Waals surface area (Å²) in [6.45, 7) is 2.24. The maximum Gasteiger partial charge on any atom is 0.266 e. The van der Waals surface area contributed by atoms with Crippen LogP contribution < -0.4 is 10.5 Å². The lowest BCUT2D eigenvalue weighted by Crippen LogP contribution is -2.29. The summed E-state index contributed by atoms with van der Waals surface area (Å²) in [5, 5.41) is 8.78. The number of H-pyrrole nitrogens is 1. The number of anilines is 1. The second-order valence-electron chi connectivity index (χ2n) is 5.32. The Kier molecular flexibility index (Phi) is 3.74. The van der Waals surface area contributed by atoms with E-state index in [2.05, 4.69) is 22.0 Å². The molecule has 106 valence electrons. The topological polar surface area (TPSA) is 59.9 Å². The summed E-state index contributed by atoms with van der Waals surface area (Å²) in [6.07, 6.45) is 3.83. The minimum absolute atomic E-state index is 0.142. The third-order valence-corrected chi connectivity index (χ3v) is 3.93. The van der Waals surface area contributed by atoms with Crippen LogP contribution in [0.3, 0.4) is 0 Å². The molecule has 3 rings (SSSR count).